The number of ether oxygens (including phenoxy) is 1. The molecule has 4 heteroatoms. The zero-order valence-corrected chi connectivity index (χ0v) is 13.6. The number of hydrazone groups is 1. The van der Waals surface area contributed by atoms with Gasteiger partial charge in [0.1, 0.15) is 5.75 Å². The summed E-state index contributed by atoms with van der Waals surface area (Å²) in [7, 11) is 1.60. The largest absolute Gasteiger partial charge is 0.496 e. The van der Waals surface area contributed by atoms with E-state index in [4.69, 9.17) is 4.74 Å². The lowest BCUT2D eigenvalue weighted by molar-refractivity contribution is 0.0956. The Morgan fingerprint density at radius 2 is 1.79 bits per heavy atom. The van der Waals surface area contributed by atoms with Gasteiger partial charge in [0.15, 0.2) is 0 Å². The first-order valence-electron chi connectivity index (χ1n) is 7.65. The molecule has 0 radical (unpaired) electrons. The molecule has 0 saturated heterocycles. The first kappa shape index (κ1) is 15.7. The highest BCUT2D eigenvalue weighted by Crippen LogP contribution is 2.22. The summed E-state index contributed by atoms with van der Waals surface area (Å²) in [5.41, 5.74) is 4.97. The topological polar surface area (TPSA) is 50.7 Å². The molecule has 3 rings (SSSR count). The minimum atomic E-state index is -0.226. The van der Waals surface area contributed by atoms with Crippen LogP contribution in [0.5, 0.6) is 5.75 Å². The number of benzene rings is 3. The van der Waals surface area contributed by atoms with Crippen LogP contribution < -0.4 is 10.2 Å². The Kier molecular flexibility index (Phi) is 4.57. The van der Waals surface area contributed by atoms with Gasteiger partial charge in [0.05, 0.1) is 18.9 Å². The van der Waals surface area contributed by atoms with Gasteiger partial charge in [-0.2, -0.15) is 5.10 Å². The number of amides is 1. The van der Waals surface area contributed by atoms with E-state index in [-0.39, 0.29) is 5.91 Å². The molecule has 1 amide bonds. The average molecular weight is 318 g/mol. The fraction of sp³-hybridized carbons (Fsp3) is 0.100. The number of hydrogen-bond donors (Lipinski definition) is 1. The van der Waals surface area contributed by atoms with Crippen molar-refractivity contribution < 1.29 is 9.53 Å². The van der Waals surface area contributed by atoms with Gasteiger partial charge in [0.2, 0.25) is 0 Å². The summed E-state index contributed by atoms with van der Waals surface area (Å²) >= 11 is 0. The van der Waals surface area contributed by atoms with Crippen molar-refractivity contribution in [2.24, 2.45) is 5.10 Å². The molecule has 3 aromatic rings. The van der Waals surface area contributed by atoms with Crippen molar-refractivity contribution in [3.05, 3.63) is 77.4 Å². The average Bonchev–Trinajstić information content (AvgIpc) is 2.62. The number of rotatable bonds is 4. The van der Waals surface area contributed by atoms with Crippen molar-refractivity contribution in [2.45, 2.75) is 6.92 Å². The zero-order valence-electron chi connectivity index (χ0n) is 13.6. The fourth-order valence-corrected chi connectivity index (χ4v) is 2.67. The fourth-order valence-electron chi connectivity index (χ4n) is 2.67. The van der Waals surface area contributed by atoms with E-state index in [1.165, 1.54) is 0 Å². The van der Waals surface area contributed by atoms with Crippen molar-refractivity contribution in [1.29, 1.82) is 0 Å². The van der Waals surface area contributed by atoms with Crippen LogP contribution in [0.3, 0.4) is 0 Å². The third-order valence-corrected chi connectivity index (χ3v) is 3.87. The van der Waals surface area contributed by atoms with Crippen molar-refractivity contribution >= 4 is 22.9 Å². The van der Waals surface area contributed by atoms with E-state index in [2.05, 4.69) is 10.5 Å². The van der Waals surface area contributed by atoms with Crippen molar-refractivity contribution in [1.82, 2.24) is 5.43 Å². The van der Waals surface area contributed by atoms with Gasteiger partial charge in [-0.1, -0.05) is 48.5 Å². The van der Waals surface area contributed by atoms with Crippen LogP contribution in [0.1, 0.15) is 21.5 Å². The Hall–Kier alpha value is -3.14. The Morgan fingerprint density at radius 1 is 1.04 bits per heavy atom. The Labute approximate surface area is 140 Å². The van der Waals surface area contributed by atoms with Gasteiger partial charge in [0, 0.05) is 5.56 Å². The van der Waals surface area contributed by atoms with Crippen molar-refractivity contribution in [3.63, 3.8) is 0 Å². The maximum atomic E-state index is 12.6. The zero-order chi connectivity index (χ0) is 16.9. The highest BCUT2D eigenvalue weighted by Gasteiger charge is 2.12. The second kappa shape index (κ2) is 6.96. The molecule has 0 bridgehead atoms. The molecule has 3 aromatic carbocycles. The van der Waals surface area contributed by atoms with E-state index < -0.39 is 0 Å². The van der Waals surface area contributed by atoms with Crippen LogP contribution in [-0.4, -0.2) is 19.2 Å². The monoisotopic (exact) mass is 318 g/mol. The number of carbonyl (C=O) groups is 1. The van der Waals surface area contributed by atoms with Gasteiger partial charge in [-0.15, -0.1) is 0 Å². The number of para-hydroxylation sites is 1. The Morgan fingerprint density at radius 3 is 2.62 bits per heavy atom. The van der Waals surface area contributed by atoms with Crippen LogP contribution in [0.25, 0.3) is 10.8 Å². The van der Waals surface area contributed by atoms with Crippen molar-refractivity contribution in [3.8, 4) is 5.75 Å². The lowest BCUT2D eigenvalue weighted by atomic mass is 9.99. The van der Waals surface area contributed by atoms with Crippen LogP contribution in [0.15, 0.2) is 65.8 Å². The van der Waals surface area contributed by atoms with E-state index in [9.17, 15) is 4.79 Å². The Bertz CT molecular complexity index is 916. The maximum absolute atomic E-state index is 12.6. The predicted molar refractivity (Wildman–Crippen MR) is 96.7 cm³/mol. The summed E-state index contributed by atoms with van der Waals surface area (Å²) < 4.78 is 5.26. The summed E-state index contributed by atoms with van der Waals surface area (Å²) in [5, 5.41) is 6.02. The number of methoxy groups -OCH3 is 1. The molecule has 0 aliphatic rings. The number of nitrogens with one attached hydrogen (secondary N) is 1. The maximum Gasteiger partial charge on any atom is 0.272 e. The number of nitrogens with zero attached hydrogens (tertiary/aromatic N) is 1. The highest BCUT2D eigenvalue weighted by atomic mass is 16.5. The normalized spacial score (nSPS) is 10.9. The molecule has 120 valence electrons. The Balaban J connectivity index is 1.86. The summed E-state index contributed by atoms with van der Waals surface area (Å²) in [6.45, 7) is 1.92. The summed E-state index contributed by atoms with van der Waals surface area (Å²) in [4.78, 5) is 12.6. The highest BCUT2D eigenvalue weighted by molar-refractivity contribution is 6.08. The lowest BCUT2D eigenvalue weighted by Crippen LogP contribution is -2.19. The number of aryl methyl sites for hydroxylation is 1. The molecule has 0 saturated carbocycles. The summed E-state index contributed by atoms with van der Waals surface area (Å²) in [6, 6.07) is 19.3. The van der Waals surface area contributed by atoms with Gasteiger partial charge < -0.3 is 4.74 Å². The van der Waals surface area contributed by atoms with Gasteiger partial charge >= 0.3 is 0 Å². The summed E-state index contributed by atoms with van der Waals surface area (Å²) in [6.07, 6.45) is 1.58. The molecule has 0 aliphatic carbocycles. The molecule has 0 aromatic heterocycles. The third kappa shape index (κ3) is 3.13. The molecule has 24 heavy (non-hydrogen) atoms. The van der Waals surface area contributed by atoms with E-state index in [0.29, 0.717) is 11.3 Å². The molecule has 4 nitrogen and oxygen atoms in total. The lowest BCUT2D eigenvalue weighted by Gasteiger charge is -2.09. The second-order valence-electron chi connectivity index (χ2n) is 5.42. The van der Waals surface area contributed by atoms with Crippen molar-refractivity contribution in [2.75, 3.05) is 7.11 Å². The minimum Gasteiger partial charge on any atom is -0.496 e. The van der Waals surface area contributed by atoms with Gasteiger partial charge in [-0.3, -0.25) is 4.79 Å². The molecule has 0 fully saturated rings. The molecular formula is C20H18N2O2. The molecule has 0 aliphatic heterocycles. The van der Waals surface area contributed by atoms with E-state index in [0.717, 1.165) is 21.9 Å². The smallest absolute Gasteiger partial charge is 0.272 e. The molecule has 0 spiro atoms. The summed E-state index contributed by atoms with van der Waals surface area (Å²) in [5.74, 6) is 0.479. The van der Waals surface area contributed by atoms with Gasteiger partial charge in [-0.05, 0) is 35.4 Å². The standard InChI is InChI=1S/C20H18N2O2/c1-14-11-12-15-7-3-5-9-17(15)19(14)20(23)22-21-13-16-8-4-6-10-18(16)24-2/h3-13H,1-2H3,(H,22,23)/b21-13-. The van der Waals surface area contributed by atoms with Gasteiger partial charge in [0.25, 0.3) is 5.91 Å². The molecule has 1 N–H and O–H groups in total. The van der Waals surface area contributed by atoms with Gasteiger partial charge in [-0.25, -0.2) is 5.43 Å². The minimum absolute atomic E-state index is 0.226. The van der Waals surface area contributed by atoms with Crippen LogP contribution in [0.4, 0.5) is 0 Å². The first-order chi connectivity index (χ1) is 11.7. The molecular weight excluding hydrogens is 300 g/mol. The quantitative estimate of drug-likeness (QED) is 0.585. The predicted octanol–water partition coefficient (Wildman–Crippen LogP) is 3.92. The molecule has 0 unspecified atom stereocenters. The number of fused-ring (bicyclic) bond motifs is 1. The van der Waals surface area contributed by atoms with E-state index in [1.807, 2.05) is 67.6 Å². The van der Waals surface area contributed by atoms with Crippen LogP contribution in [0.2, 0.25) is 0 Å². The molecule has 0 atom stereocenters. The second-order valence-corrected chi connectivity index (χ2v) is 5.42. The third-order valence-electron chi connectivity index (χ3n) is 3.87. The van der Waals surface area contributed by atoms with E-state index in [1.54, 1.807) is 13.3 Å². The van der Waals surface area contributed by atoms with Crippen LogP contribution >= 0.6 is 0 Å². The van der Waals surface area contributed by atoms with E-state index >= 15 is 0 Å². The number of carbonyl (C=O) groups excluding carboxylic acids is 1. The van der Waals surface area contributed by atoms with Crippen LogP contribution in [0, 0.1) is 6.92 Å². The van der Waals surface area contributed by atoms with Crippen LogP contribution in [-0.2, 0) is 0 Å². The number of hydrogen-bond acceptors (Lipinski definition) is 3. The SMILES string of the molecule is COc1ccccc1/C=N\NC(=O)c1c(C)ccc2ccccc12. The molecule has 0 heterocycles. The first-order valence-corrected chi connectivity index (χ1v) is 7.65.